The van der Waals surface area contributed by atoms with Crippen LogP contribution in [-0.4, -0.2) is 43.8 Å². The van der Waals surface area contributed by atoms with Crippen LogP contribution in [0.1, 0.15) is 5.56 Å². The Morgan fingerprint density at radius 1 is 0.962 bits per heavy atom. The van der Waals surface area contributed by atoms with Gasteiger partial charge in [0.25, 0.3) is 0 Å². The van der Waals surface area contributed by atoms with E-state index in [9.17, 15) is 14.7 Å². The molecule has 0 saturated carbocycles. The monoisotopic (exact) mass is 408 g/mol. The van der Waals surface area contributed by atoms with E-state index in [4.69, 9.17) is 0 Å². The molecular formula is C20H17AsN2O3. The molecule has 0 bridgehead atoms. The van der Waals surface area contributed by atoms with Crippen molar-refractivity contribution in [1.82, 2.24) is 9.88 Å². The number of amides is 2. The van der Waals surface area contributed by atoms with Gasteiger partial charge in [-0.25, -0.2) is 0 Å². The summed E-state index contributed by atoms with van der Waals surface area (Å²) in [5.41, 5.74) is 2.18. The van der Waals surface area contributed by atoms with Crippen LogP contribution in [-0.2, 0) is 16.1 Å². The van der Waals surface area contributed by atoms with Gasteiger partial charge in [-0.3, -0.25) is 0 Å². The maximum atomic E-state index is 12.6. The molecule has 1 aromatic heterocycles. The second kappa shape index (κ2) is 6.94. The Balaban J connectivity index is 1.90. The first-order chi connectivity index (χ1) is 12.7. The normalized spacial score (nSPS) is 14.8. The van der Waals surface area contributed by atoms with E-state index >= 15 is 0 Å². The molecule has 1 aliphatic rings. The first-order valence-corrected chi connectivity index (χ1v) is 10.4. The Labute approximate surface area is 157 Å². The number of rotatable bonds is 5. The molecule has 0 spiro atoms. The summed E-state index contributed by atoms with van der Waals surface area (Å²) in [4.78, 5) is 25.0. The minimum atomic E-state index is -0.938. The second-order valence-electron chi connectivity index (χ2n) is 6.00. The van der Waals surface area contributed by atoms with Crippen molar-refractivity contribution in [3.8, 4) is 0 Å². The number of imide groups is 1. The van der Waals surface area contributed by atoms with Crippen LogP contribution in [0, 0.1) is 0 Å². The molecule has 1 aliphatic heterocycles. The van der Waals surface area contributed by atoms with Crippen LogP contribution in [0.4, 0.5) is 0 Å². The Bertz CT molecular complexity index is 1040. The van der Waals surface area contributed by atoms with Gasteiger partial charge in [0.2, 0.25) is 0 Å². The van der Waals surface area contributed by atoms with Crippen LogP contribution in [0.2, 0.25) is 0 Å². The summed E-state index contributed by atoms with van der Waals surface area (Å²) in [6.07, 6.45) is 1.87. The van der Waals surface area contributed by atoms with Crippen LogP contribution in [0.3, 0.4) is 0 Å². The van der Waals surface area contributed by atoms with Crippen LogP contribution in [0.5, 0.6) is 0 Å². The summed E-state index contributed by atoms with van der Waals surface area (Å²) >= 11 is -0.938. The molecule has 2 heterocycles. The van der Waals surface area contributed by atoms with Crippen LogP contribution < -0.4 is 9.67 Å². The van der Waals surface area contributed by atoms with Crippen molar-refractivity contribution in [2.24, 2.45) is 0 Å². The van der Waals surface area contributed by atoms with Crippen molar-refractivity contribution >= 4 is 48.4 Å². The molecule has 26 heavy (non-hydrogen) atoms. The molecule has 130 valence electrons. The molecule has 4 rings (SSSR count). The van der Waals surface area contributed by atoms with Crippen molar-refractivity contribution in [2.75, 3.05) is 6.61 Å². The van der Waals surface area contributed by atoms with E-state index in [-0.39, 0.29) is 18.4 Å². The van der Waals surface area contributed by atoms with Gasteiger partial charge in [0, 0.05) is 0 Å². The number of aromatic nitrogens is 1. The number of para-hydroxylation sites is 1. The Morgan fingerprint density at radius 2 is 1.69 bits per heavy atom. The van der Waals surface area contributed by atoms with E-state index in [1.165, 1.54) is 0 Å². The first kappa shape index (κ1) is 16.8. The number of nitrogens with one attached hydrogen (secondary N) is 1. The number of hydrogen-bond acceptors (Lipinski definition) is 3. The molecule has 0 fully saturated rings. The zero-order chi connectivity index (χ0) is 18.1. The van der Waals surface area contributed by atoms with E-state index < -0.39 is 15.8 Å². The fourth-order valence-electron chi connectivity index (χ4n) is 3.24. The SMILES string of the molecule is O=C1NC(=O)C(c2cn(CCO)c3ccccc23)=C1[AsH]c1ccccc1. The zero-order valence-corrected chi connectivity index (χ0v) is 16.0. The van der Waals surface area contributed by atoms with Gasteiger partial charge < -0.3 is 0 Å². The molecule has 1 atom stereocenters. The predicted molar refractivity (Wildman–Crippen MR) is 102 cm³/mol. The Morgan fingerprint density at radius 3 is 2.46 bits per heavy atom. The van der Waals surface area contributed by atoms with E-state index in [0.717, 1.165) is 20.8 Å². The van der Waals surface area contributed by atoms with Gasteiger partial charge in [-0.15, -0.1) is 0 Å². The second-order valence-corrected chi connectivity index (χ2v) is 8.79. The zero-order valence-electron chi connectivity index (χ0n) is 13.9. The fraction of sp³-hybridized carbons (Fsp3) is 0.100. The fourth-order valence-corrected chi connectivity index (χ4v) is 5.75. The maximum absolute atomic E-state index is 12.6. The summed E-state index contributed by atoms with van der Waals surface area (Å²) in [5, 5.41) is 12.7. The minimum absolute atomic E-state index is 0.00698. The third-order valence-corrected chi connectivity index (χ3v) is 7.20. The number of nitrogens with zero attached hydrogens (tertiary/aromatic N) is 1. The number of aliphatic hydroxyl groups is 1. The number of fused-ring (bicyclic) bond motifs is 1. The summed E-state index contributed by atoms with van der Waals surface area (Å²) in [6, 6.07) is 17.6. The molecule has 0 aliphatic carbocycles. The van der Waals surface area contributed by atoms with Crippen molar-refractivity contribution in [2.45, 2.75) is 6.54 Å². The van der Waals surface area contributed by atoms with Gasteiger partial charge in [0.15, 0.2) is 0 Å². The Hall–Kier alpha value is -2.62. The van der Waals surface area contributed by atoms with E-state index in [2.05, 4.69) is 5.32 Å². The topological polar surface area (TPSA) is 71.3 Å². The average Bonchev–Trinajstić information content (AvgIpc) is 3.14. The van der Waals surface area contributed by atoms with Crippen LogP contribution in [0.15, 0.2) is 65.2 Å². The molecule has 0 saturated heterocycles. The van der Waals surface area contributed by atoms with Crippen molar-refractivity contribution in [3.63, 3.8) is 0 Å². The standard InChI is InChI=1S/C20H17AsN2O3/c24-11-10-23-12-15(14-8-4-5-9-16(14)23)17-18(20(26)22-19(17)25)21-13-6-2-1-3-7-13/h1-9,12,21,24H,10-11H2,(H,22,25,26). The summed E-state index contributed by atoms with van der Waals surface area (Å²) in [5.74, 6) is -0.621. The van der Waals surface area contributed by atoms with Gasteiger partial charge >= 0.3 is 157 Å². The third-order valence-electron chi connectivity index (χ3n) is 4.37. The van der Waals surface area contributed by atoms with E-state index in [1.54, 1.807) is 0 Å². The number of aliphatic hydroxyl groups excluding tert-OH is 1. The van der Waals surface area contributed by atoms with Crippen molar-refractivity contribution in [1.29, 1.82) is 0 Å². The van der Waals surface area contributed by atoms with E-state index in [1.807, 2.05) is 65.4 Å². The molecular weight excluding hydrogens is 391 g/mol. The van der Waals surface area contributed by atoms with Gasteiger partial charge in [-0.05, 0) is 0 Å². The molecule has 0 radical (unpaired) electrons. The quantitative estimate of drug-likeness (QED) is 0.484. The molecule has 3 aromatic rings. The number of benzene rings is 2. The van der Waals surface area contributed by atoms with Gasteiger partial charge in [0.05, 0.1) is 0 Å². The van der Waals surface area contributed by atoms with E-state index in [0.29, 0.717) is 16.5 Å². The van der Waals surface area contributed by atoms with Gasteiger partial charge in [0.1, 0.15) is 0 Å². The van der Waals surface area contributed by atoms with Crippen LogP contribution >= 0.6 is 0 Å². The molecule has 2 amide bonds. The third kappa shape index (κ3) is 2.89. The van der Waals surface area contributed by atoms with Crippen molar-refractivity contribution < 1.29 is 14.7 Å². The molecule has 2 N–H and O–H groups in total. The average molecular weight is 408 g/mol. The predicted octanol–water partition coefficient (Wildman–Crippen LogP) is 0.763. The summed E-state index contributed by atoms with van der Waals surface area (Å²) < 4.78 is 3.63. The molecule has 5 nitrogen and oxygen atoms in total. The Kier molecular flexibility index (Phi) is 4.49. The summed E-state index contributed by atoms with van der Waals surface area (Å²) in [6.45, 7) is 0.445. The van der Waals surface area contributed by atoms with Crippen molar-refractivity contribution in [3.05, 3.63) is 70.7 Å². The van der Waals surface area contributed by atoms with Crippen LogP contribution in [0.25, 0.3) is 16.5 Å². The number of carbonyl (C=O) groups excluding carboxylic acids is 2. The molecule has 6 heteroatoms. The number of carbonyl (C=O) groups is 2. The molecule has 2 aromatic carbocycles. The molecule has 1 unspecified atom stereocenters. The van der Waals surface area contributed by atoms with Gasteiger partial charge in [-0.2, -0.15) is 0 Å². The van der Waals surface area contributed by atoms with Gasteiger partial charge in [-0.1, -0.05) is 0 Å². The number of hydrogen-bond donors (Lipinski definition) is 2. The first-order valence-electron chi connectivity index (χ1n) is 8.30. The summed E-state index contributed by atoms with van der Waals surface area (Å²) in [7, 11) is 0.